The standard InChI is InChI=1S/C21H22ClNO3/c22-19-8-4-7-18(14-19)21(25)26-15-20(24)23-11-9-17(10-12-23)13-16-5-2-1-3-6-16/h1-8,14,17H,9-13,15H2. The molecule has 136 valence electrons. The highest BCUT2D eigenvalue weighted by atomic mass is 35.5. The van der Waals surface area contributed by atoms with Crippen LogP contribution in [0, 0.1) is 5.92 Å². The van der Waals surface area contributed by atoms with Gasteiger partial charge in [0.25, 0.3) is 5.91 Å². The van der Waals surface area contributed by atoms with Crippen LogP contribution in [-0.2, 0) is 16.0 Å². The van der Waals surface area contributed by atoms with Gasteiger partial charge in [0.1, 0.15) is 0 Å². The van der Waals surface area contributed by atoms with Gasteiger partial charge in [-0.2, -0.15) is 0 Å². The van der Waals surface area contributed by atoms with E-state index in [4.69, 9.17) is 16.3 Å². The van der Waals surface area contributed by atoms with Gasteiger partial charge in [-0.05, 0) is 48.9 Å². The van der Waals surface area contributed by atoms with E-state index >= 15 is 0 Å². The Kier molecular flexibility index (Phi) is 6.29. The summed E-state index contributed by atoms with van der Waals surface area (Å²) in [6, 6.07) is 16.9. The second-order valence-corrected chi connectivity index (χ2v) is 7.04. The number of esters is 1. The number of hydrogen-bond donors (Lipinski definition) is 0. The molecule has 0 atom stereocenters. The lowest BCUT2D eigenvalue weighted by Crippen LogP contribution is -2.41. The molecule has 1 aliphatic rings. The molecule has 1 heterocycles. The summed E-state index contributed by atoms with van der Waals surface area (Å²) in [4.78, 5) is 26.1. The van der Waals surface area contributed by atoms with Crippen LogP contribution in [0.5, 0.6) is 0 Å². The molecule has 0 unspecified atom stereocenters. The molecule has 0 aliphatic carbocycles. The van der Waals surface area contributed by atoms with Crippen molar-refractivity contribution in [2.45, 2.75) is 19.3 Å². The Morgan fingerprint density at radius 2 is 1.77 bits per heavy atom. The van der Waals surface area contributed by atoms with Crippen molar-refractivity contribution in [1.82, 2.24) is 4.90 Å². The van der Waals surface area contributed by atoms with Gasteiger partial charge >= 0.3 is 5.97 Å². The van der Waals surface area contributed by atoms with E-state index in [-0.39, 0.29) is 12.5 Å². The first-order valence-electron chi connectivity index (χ1n) is 8.86. The molecule has 5 heteroatoms. The zero-order valence-electron chi connectivity index (χ0n) is 14.6. The zero-order valence-corrected chi connectivity index (χ0v) is 15.3. The van der Waals surface area contributed by atoms with E-state index in [1.807, 2.05) is 6.07 Å². The number of likely N-dealkylation sites (tertiary alicyclic amines) is 1. The number of piperidine rings is 1. The van der Waals surface area contributed by atoms with E-state index in [9.17, 15) is 9.59 Å². The summed E-state index contributed by atoms with van der Waals surface area (Å²) in [6.45, 7) is 1.20. The van der Waals surface area contributed by atoms with Gasteiger partial charge in [-0.15, -0.1) is 0 Å². The summed E-state index contributed by atoms with van der Waals surface area (Å²) in [5.41, 5.74) is 1.69. The molecular formula is C21H22ClNO3. The Hall–Kier alpha value is -2.33. The second-order valence-electron chi connectivity index (χ2n) is 6.60. The molecule has 0 aromatic heterocycles. The molecule has 2 aromatic rings. The number of ether oxygens (including phenoxy) is 1. The molecule has 1 amide bonds. The van der Waals surface area contributed by atoms with Crippen molar-refractivity contribution in [3.63, 3.8) is 0 Å². The highest BCUT2D eigenvalue weighted by Crippen LogP contribution is 2.21. The number of benzene rings is 2. The van der Waals surface area contributed by atoms with Crippen molar-refractivity contribution >= 4 is 23.5 Å². The van der Waals surface area contributed by atoms with Crippen molar-refractivity contribution in [2.24, 2.45) is 5.92 Å². The van der Waals surface area contributed by atoms with Crippen LogP contribution in [0.15, 0.2) is 54.6 Å². The first-order valence-corrected chi connectivity index (χ1v) is 9.24. The maximum Gasteiger partial charge on any atom is 0.338 e. The Balaban J connectivity index is 1.43. The van der Waals surface area contributed by atoms with E-state index in [1.165, 1.54) is 11.6 Å². The first-order chi connectivity index (χ1) is 12.6. The lowest BCUT2D eigenvalue weighted by atomic mass is 9.90. The highest BCUT2D eigenvalue weighted by molar-refractivity contribution is 6.30. The number of amides is 1. The Bertz CT molecular complexity index is 755. The molecule has 0 saturated carbocycles. The average molecular weight is 372 g/mol. The average Bonchev–Trinajstić information content (AvgIpc) is 2.67. The summed E-state index contributed by atoms with van der Waals surface area (Å²) < 4.78 is 5.13. The van der Waals surface area contributed by atoms with Crippen LogP contribution in [0.25, 0.3) is 0 Å². The van der Waals surface area contributed by atoms with Crippen molar-refractivity contribution < 1.29 is 14.3 Å². The molecule has 26 heavy (non-hydrogen) atoms. The van der Waals surface area contributed by atoms with Gasteiger partial charge in [0.2, 0.25) is 0 Å². The SMILES string of the molecule is O=C(OCC(=O)N1CCC(Cc2ccccc2)CC1)c1cccc(Cl)c1. The lowest BCUT2D eigenvalue weighted by Gasteiger charge is -2.32. The van der Waals surface area contributed by atoms with Gasteiger partial charge in [0, 0.05) is 18.1 Å². The van der Waals surface area contributed by atoms with Crippen LogP contribution in [0.2, 0.25) is 5.02 Å². The minimum absolute atomic E-state index is 0.140. The minimum atomic E-state index is -0.528. The van der Waals surface area contributed by atoms with Gasteiger partial charge < -0.3 is 9.64 Å². The molecule has 2 aromatic carbocycles. The minimum Gasteiger partial charge on any atom is -0.452 e. The van der Waals surface area contributed by atoms with Crippen LogP contribution in [0.1, 0.15) is 28.8 Å². The quantitative estimate of drug-likeness (QED) is 0.747. The Labute approximate surface area is 158 Å². The van der Waals surface area contributed by atoms with Gasteiger partial charge in [-0.3, -0.25) is 4.79 Å². The number of halogens is 1. The highest BCUT2D eigenvalue weighted by Gasteiger charge is 2.23. The summed E-state index contributed by atoms with van der Waals surface area (Å²) in [7, 11) is 0. The molecule has 0 radical (unpaired) electrons. The fraction of sp³-hybridized carbons (Fsp3) is 0.333. The van der Waals surface area contributed by atoms with Gasteiger partial charge in [-0.1, -0.05) is 48.0 Å². The van der Waals surface area contributed by atoms with E-state index in [0.717, 1.165) is 19.3 Å². The van der Waals surface area contributed by atoms with Crippen molar-refractivity contribution in [3.05, 3.63) is 70.7 Å². The molecule has 3 rings (SSSR count). The van der Waals surface area contributed by atoms with E-state index in [1.54, 1.807) is 23.1 Å². The second kappa shape index (κ2) is 8.86. The van der Waals surface area contributed by atoms with Crippen molar-refractivity contribution in [1.29, 1.82) is 0 Å². The smallest absolute Gasteiger partial charge is 0.338 e. The summed E-state index contributed by atoms with van der Waals surface area (Å²) >= 11 is 5.86. The third kappa shape index (κ3) is 5.09. The van der Waals surface area contributed by atoms with E-state index in [2.05, 4.69) is 24.3 Å². The summed E-state index contributed by atoms with van der Waals surface area (Å²) in [6.07, 6.45) is 3.00. The van der Waals surface area contributed by atoms with Crippen LogP contribution in [0.3, 0.4) is 0 Å². The number of rotatable bonds is 5. The van der Waals surface area contributed by atoms with Crippen LogP contribution >= 0.6 is 11.6 Å². The fourth-order valence-electron chi connectivity index (χ4n) is 3.25. The van der Waals surface area contributed by atoms with E-state index in [0.29, 0.717) is 29.6 Å². The van der Waals surface area contributed by atoms with Gasteiger partial charge in [0.05, 0.1) is 5.56 Å². The zero-order chi connectivity index (χ0) is 18.4. The molecular weight excluding hydrogens is 350 g/mol. The number of hydrogen-bond acceptors (Lipinski definition) is 3. The van der Waals surface area contributed by atoms with Crippen LogP contribution in [0.4, 0.5) is 0 Å². The largest absolute Gasteiger partial charge is 0.452 e. The first kappa shape index (κ1) is 18.5. The summed E-state index contributed by atoms with van der Waals surface area (Å²) in [5, 5.41) is 0.464. The fourth-order valence-corrected chi connectivity index (χ4v) is 3.44. The third-order valence-electron chi connectivity index (χ3n) is 4.72. The molecule has 1 aliphatic heterocycles. The number of carbonyl (C=O) groups excluding carboxylic acids is 2. The van der Waals surface area contributed by atoms with Gasteiger partial charge in [0.15, 0.2) is 6.61 Å². The lowest BCUT2D eigenvalue weighted by molar-refractivity contribution is -0.135. The molecule has 4 nitrogen and oxygen atoms in total. The molecule has 0 bridgehead atoms. The molecule has 1 fully saturated rings. The van der Waals surface area contributed by atoms with Gasteiger partial charge in [-0.25, -0.2) is 4.79 Å². The Morgan fingerprint density at radius 3 is 2.46 bits per heavy atom. The van der Waals surface area contributed by atoms with Crippen molar-refractivity contribution in [2.75, 3.05) is 19.7 Å². The third-order valence-corrected chi connectivity index (χ3v) is 4.96. The monoisotopic (exact) mass is 371 g/mol. The molecule has 0 spiro atoms. The van der Waals surface area contributed by atoms with Crippen LogP contribution in [-0.4, -0.2) is 36.5 Å². The maximum absolute atomic E-state index is 12.3. The number of nitrogens with zero attached hydrogens (tertiary/aromatic N) is 1. The Morgan fingerprint density at radius 1 is 1.04 bits per heavy atom. The van der Waals surface area contributed by atoms with E-state index < -0.39 is 5.97 Å². The van der Waals surface area contributed by atoms with Crippen LogP contribution < -0.4 is 0 Å². The molecule has 0 N–H and O–H groups in total. The predicted octanol–water partition coefficient (Wildman–Crippen LogP) is 3.98. The normalized spacial score (nSPS) is 14.9. The molecule has 1 saturated heterocycles. The predicted molar refractivity (Wildman–Crippen MR) is 101 cm³/mol. The number of carbonyl (C=O) groups is 2. The van der Waals surface area contributed by atoms with Crippen molar-refractivity contribution in [3.8, 4) is 0 Å². The summed E-state index contributed by atoms with van der Waals surface area (Å²) in [5.74, 6) is -0.0752. The topological polar surface area (TPSA) is 46.6 Å². The maximum atomic E-state index is 12.3.